The van der Waals surface area contributed by atoms with Crippen molar-refractivity contribution in [3.8, 4) is 11.6 Å². The molecule has 0 amide bonds. The maximum atomic E-state index is 10.6. The fourth-order valence-corrected chi connectivity index (χ4v) is 1.46. The molecule has 0 aliphatic heterocycles. The lowest BCUT2D eigenvalue weighted by Crippen LogP contribution is -1.99. The quantitative estimate of drug-likeness (QED) is 0.823. The normalized spacial score (nSPS) is 10.7. The number of carboxylic acids is 1. The van der Waals surface area contributed by atoms with Gasteiger partial charge in [-0.2, -0.15) is 0 Å². The number of aliphatic carboxylic acids is 1. The fourth-order valence-electron chi connectivity index (χ4n) is 1.46. The minimum atomic E-state index is -1.03. The minimum Gasteiger partial charge on any atom is -0.481 e. The lowest BCUT2D eigenvalue weighted by Gasteiger charge is -2.07. The predicted octanol–water partition coefficient (Wildman–Crippen LogP) is 1.37. The van der Waals surface area contributed by atoms with E-state index in [4.69, 9.17) is 9.84 Å². The van der Waals surface area contributed by atoms with E-state index in [0.717, 1.165) is 11.8 Å². The van der Waals surface area contributed by atoms with Crippen molar-refractivity contribution in [3.05, 3.63) is 42.6 Å². The highest BCUT2D eigenvalue weighted by Gasteiger charge is 2.06. The van der Waals surface area contributed by atoms with E-state index in [1.807, 2.05) is 0 Å². The summed E-state index contributed by atoms with van der Waals surface area (Å²) in [5, 5.41) is 8.66. The van der Waals surface area contributed by atoms with Gasteiger partial charge < -0.3 is 14.4 Å². The first kappa shape index (κ1) is 11.8. The molecular weight excluding hydrogens is 234 g/mol. The highest BCUT2D eigenvalue weighted by molar-refractivity contribution is 5.85. The van der Waals surface area contributed by atoms with Crippen LogP contribution in [0.15, 0.2) is 36.9 Å². The third-order valence-electron chi connectivity index (χ3n) is 2.25. The van der Waals surface area contributed by atoms with E-state index in [1.165, 1.54) is 13.2 Å². The van der Waals surface area contributed by atoms with Gasteiger partial charge >= 0.3 is 5.97 Å². The third kappa shape index (κ3) is 2.54. The summed E-state index contributed by atoms with van der Waals surface area (Å²) in [6.45, 7) is 0. The van der Waals surface area contributed by atoms with Crippen LogP contribution in [-0.2, 0) is 4.79 Å². The Morgan fingerprint density at radius 2 is 2.33 bits per heavy atom. The number of hydrogen-bond donors (Lipinski definition) is 1. The Bertz CT molecular complexity index is 576. The second-order valence-corrected chi connectivity index (χ2v) is 3.40. The molecule has 1 N–H and O–H groups in total. The zero-order valence-corrected chi connectivity index (χ0v) is 9.65. The van der Waals surface area contributed by atoms with Crippen LogP contribution in [0, 0.1) is 0 Å². The molecule has 0 saturated heterocycles. The molecule has 6 nitrogen and oxygen atoms in total. The number of nitrogens with zero attached hydrogens (tertiary/aromatic N) is 3. The topological polar surface area (TPSA) is 77.2 Å². The fraction of sp³-hybridized carbons (Fsp3) is 0.0833. The van der Waals surface area contributed by atoms with Crippen LogP contribution in [0.5, 0.6) is 5.88 Å². The number of methoxy groups -OCH3 is 1. The van der Waals surface area contributed by atoms with E-state index in [2.05, 4.69) is 9.97 Å². The van der Waals surface area contributed by atoms with Crippen LogP contribution in [0.2, 0.25) is 0 Å². The summed E-state index contributed by atoms with van der Waals surface area (Å²) in [5.41, 5.74) is 1.22. The van der Waals surface area contributed by atoms with Crippen LogP contribution in [-0.4, -0.2) is 32.7 Å². The van der Waals surface area contributed by atoms with Crippen molar-refractivity contribution in [3.63, 3.8) is 0 Å². The molecule has 0 saturated carbocycles. The second-order valence-electron chi connectivity index (χ2n) is 3.40. The van der Waals surface area contributed by atoms with Crippen LogP contribution >= 0.6 is 0 Å². The molecule has 2 aromatic rings. The first-order valence-corrected chi connectivity index (χ1v) is 5.15. The van der Waals surface area contributed by atoms with Gasteiger partial charge in [-0.15, -0.1) is 0 Å². The standard InChI is InChI=1S/C12H11N3O3/c1-18-11-4-3-10(15-7-6-13-8-15)9(14-11)2-5-12(16)17/h2-8H,1H3,(H,16,17). The number of rotatable bonds is 4. The largest absolute Gasteiger partial charge is 0.481 e. The van der Waals surface area contributed by atoms with Gasteiger partial charge in [0, 0.05) is 24.5 Å². The minimum absolute atomic E-state index is 0.420. The molecule has 6 heteroatoms. The monoisotopic (exact) mass is 245 g/mol. The zero-order valence-electron chi connectivity index (χ0n) is 9.65. The van der Waals surface area contributed by atoms with E-state index in [1.54, 1.807) is 35.4 Å². The highest BCUT2D eigenvalue weighted by atomic mass is 16.5. The molecule has 0 bridgehead atoms. The van der Waals surface area contributed by atoms with E-state index in [9.17, 15) is 4.79 Å². The summed E-state index contributed by atoms with van der Waals surface area (Å²) in [6.07, 6.45) is 7.44. The van der Waals surface area contributed by atoms with Gasteiger partial charge in [-0.3, -0.25) is 0 Å². The average Bonchev–Trinajstić information content (AvgIpc) is 2.89. The maximum Gasteiger partial charge on any atom is 0.328 e. The number of imidazole rings is 1. The van der Waals surface area contributed by atoms with Crippen LogP contribution in [0.4, 0.5) is 0 Å². The van der Waals surface area contributed by atoms with Crippen molar-refractivity contribution < 1.29 is 14.6 Å². The van der Waals surface area contributed by atoms with Gasteiger partial charge in [-0.05, 0) is 12.1 Å². The van der Waals surface area contributed by atoms with Crippen LogP contribution in [0.3, 0.4) is 0 Å². The van der Waals surface area contributed by atoms with E-state index < -0.39 is 5.97 Å². The summed E-state index contributed by atoms with van der Waals surface area (Å²) in [4.78, 5) is 18.7. The molecule has 0 aliphatic carbocycles. The summed E-state index contributed by atoms with van der Waals surface area (Å²) >= 11 is 0. The average molecular weight is 245 g/mol. The van der Waals surface area contributed by atoms with Crippen molar-refractivity contribution in [2.75, 3.05) is 7.11 Å². The van der Waals surface area contributed by atoms with Crippen LogP contribution < -0.4 is 4.74 Å². The van der Waals surface area contributed by atoms with Crippen molar-refractivity contribution in [1.82, 2.24) is 14.5 Å². The molecule has 2 aromatic heterocycles. The molecule has 0 aromatic carbocycles. The van der Waals surface area contributed by atoms with E-state index in [0.29, 0.717) is 11.6 Å². The first-order chi connectivity index (χ1) is 8.70. The number of ether oxygens (including phenoxy) is 1. The van der Waals surface area contributed by atoms with Crippen LogP contribution in [0.1, 0.15) is 5.69 Å². The predicted molar refractivity (Wildman–Crippen MR) is 64.6 cm³/mol. The molecule has 0 unspecified atom stereocenters. The number of pyridine rings is 1. The SMILES string of the molecule is COc1ccc(-n2ccnc2)c(C=CC(=O)O)n1. The van der Waals surface area contributed by atoms with Gasteiger partial charge in [0.1, 0.15) is 0 Å². The summed E-state index contributed by atoms with van der Waals surface area (Å²) < 4.78 is 6.76. The Morgan fingerprint density at radius 1 is 1.50 bits per heavy atom. The first-order valence-electron chi connectivity index (χ1n) is 5.15. The Labute approximate surface area is 103 Å². The number of carbonyl (C=O) groups is 1. The molecule has 0 radical (unpaired) electrons. The number of aromatic nitrogens is 3. The van der Waals surface area contributed by atoms with Crippen molar-refractivity contribution in [1.29, 1.82) is 0 Å². The van der Waals surface area contributed by atoms with Gasteiger partial charge in [-0.25, -0.2) is 14.8 Å². The van der Waals surface area contributed by atoms with Gasteiger partial charge in [0.15, 0.2) is 0 Å². The van der Waals surface area contributed by atoms with Gasteiger partial charge in [0.2, 0.25) is 5.88 Å². The summed E-state index contributed by atoms with van der Waals surface area (Å²) in [5.74, 6) is -0.611. The molecular formula is C12H11N3O3. The molecule has 0 atom stereocenters. The Morgan fingerprint density at radius 3 is 2.94 bits per heavy atom. The zero-order chi connectivity index (χ0) is 13.0. The van der Waals surface area contributed by atoms with Gasteiger partial charge in [-0.1, -0.05) is 0 Å². The summed E-state index contributed by atoms with van der Waals surface area (Å²) in [6, 6.07) is 3.49. The number of hydrogen-bond acceptors (Lipinski definition) is 4. The Hall–Kier alpha value is -2.63. The van der Waals surface area contributed by atoms with E-state index >= 15 is 0 Å². The van der Waals surface area contributed by atoms with Crippen molar-refractivity contribution in [2.24, 2.45) is 0 Å². The van der Waals surface area contributed by atoms with E-state index in [-0.39, 0.29) is 0 Å². The van der Waals surface area contributed by atoms with Crippen molar-refractivity contribution in [2.45, 2.75) is 0 Å². The molecule has 0 spiro atoms. The molecule has 92 valence electrons. The third-order valence-corrected chi connectivity index (χ3v) is 2.25. The maximum absolute atomic E-state index is 10.6. The molecule has 18 heavy (non-hydrogen) atoms. The second kappa shape index (κ2) is 5.13. The van der Waals surface area contributed by atoms with Gasteiger partial charge in [0.05, 0.1) is 24.8 Å². The Balaban J connectivity index is 2.48. The lowest BCUT2D eigenvalue weighted by molar-refractivity contribution is -0.131. The molecule has 0 aliphatic rings. The molecule has 0 fully saturated rings. The Kier molecular flexibility index (Phi) is 3.38. The molecule has 2 heterocycles. The van der Waals surface area contributed by atoms with Crippen molar-refractivity contribution >= 4 is 12.0 Å². The summed E-state index contributed by atoms with van der Waals surface area (Å²) in [7, 11) is 1.50. The number of carboxylic acid groups (broad SMARTS) is 1. The lowest BCUT2D eigenvalue weighted by atomic mass is 10.2. The molecule has 2 rings (SSSR count). The van der Waals surface area contributed by atoms with Gasteiger partial charge in [0.25, 0.3) is 0 Å². The highest BCUT2D eigenvalue weighted by Crippen LogP contribution is 2.18. The van der Waals surface area contributed by atoms with Crippen LogP contribution in [0.25, 0.3) is 11.8 Å². The smallest absolute Gasteiger partial charge is 0.328 e.